The van der Waals surface area contributed by atoms with Gasteiger partial charge in [0.05, 0.1) is 33.8 Å². The average molecular weight is 592 g/mol. The lowest BCUT2D eigenvalue weighted by molar-refractivity contribution is -0.383. The molecule has 0 saturated carbocycles. The highest BCUT2D eigenvalue weighted by Crippen LogP contribution is 2.42. The number of aliphatic hydroxyl groups excluding tert-OH is 1. The molecule has 1 aliphatic carbocycles. The summed E-state index contributed by atoms with van der Waals surface area (Å²) in [6.45, 7) is 1.36. The number of Topliss-reactive ketones (excluding diaryl/α,β-unsaturated/α-hetero) is 2. The van der Waals surface area contributed by atoms with E-state index in [2.05, 4.69) is 4.98 Å². The number of rotatable bonds is 12. The molecule has 1 atom stereocenters. The molecule has 226 valence electrons. The van der Waals surface area contributed by atoms with Gasteiger partial charge in [0.1, 0.15) is 12.2 Å². The predicted molar refractivity (Wildman–Crippen MR) is 155 cm³/mol. The Morgan fingerprint density at radius 1 is 1.09 bits per heavy atom. The lowest BCUT2D eigenvalue weighted by Gasteiger charge is -2.32. The molecule has 43 heavy (non-hydrogen) atoms. The zero-order valence-electron chi connectivity index (χ0n) is 23.9. The Hall–Kier alpha value is -4.29. The van der Waals surface area contributed by atoms with Gasteiger partial charge in [0.15, 0.2) is 11.6 Å². The van der Waals surface area contributed by atoms with Crippen molar-refractivity contribution in [3.8, 4) is 17.1 Å². The SMILES string of the molecule is CC[C@@]1(O)C(=O)CCc2c1cc1n(c2=O)Cc2cc3c([N+](=O)[O-])c(OC(=O)CCCCCCCC(=O)CO)ccc3nc2-1. The number of nitro benzene ring substituents is 1. The largest absolute Gasteiger partial charge is 0.419 e. The van der Waals surface area contributed by atoms with E-state index in [1.165, 1.54) is 16.7 Å². The van der Waals surface area contributed by atoms with Gasteiger partial charge in [-0.05, 0) is 49.9 Å². The Labute approximate surface area is 246 Å². The lowest BCUT2D eigenvalue weighted by atomic mass is 9.77. The summed E-state index contributed by atoms with van der Waals surface area (Å²) in [4.78, 5) is 65.9. The maximum atomic E-state index is 13.5. The topological polar surface area (TPSA) is 179 Å². The first kappa shape index (κ1) is 30.2. The summed E-state index contributed by atoms with van der Waals surface area (Å²) in [5, 5.41) is 32.2. The van der Waals surface area contributed by atoms with Crippen LogP contribution in [0.5, 0.6) is 5.75 Å². The fourth-order valence-corrected chi connectivity index (χ4v) is 6.05. The van der Waals surface area contributed by atoms with E-state index < -0.39 is 28.8 Å². The Kier molecular flexibility index (Phi) is 8.52. The third kappa shape index (κ3) is 5.59. The number of hydrogen-bond donors (Lipinski definition) is 2. The van der Waals surface area contributed by atoms with E-state index in [9.17, 15) is 34.4 Å². The molecule has 0 saturated heterocycles. The molecule has 0 bridgehead atoms. The number of unbranched alkanes of at least 4 members (excludes halogenated alkanes) is 4. The normalized spacial score (nSPS) is 17.0. The first-order valence-electron chi connectivity index (χ1n) is 14.6. The molecule has 2 aromatic heterocycles. The standard InChI is InChI=1S/C31H33N3O9/c1-2-31(40)22-15-24-28-18(16-33(24)30(39)20(22)10-13-26(31)37)14-21-23(32-28)11-12-25(29(21)34(41)42)43-27(38)9-7-5-3-4-6-8-19(36)17-35/h11-12,14-15,35,40H,2-10,13,16-17H2,1H3/t31-/m0/s1. The minimum Gasteiger partial charge on any atom is -0.419 e. The molecule has 0 spiro atoms. The number of hydrogen-bond acceptors (Lipinski definition) is 10. The maximum Gasteiger partial charge on any atom is 0.321 e. The van der Waals surface area contributed by atoms with E-state index in [1.807, 2.05) is 0 Å². The minimum absolute atomic E-state index is 0.0717. The second-order valence-electron chi connectivity index (χ2n) is 11.1. The van der Waals surface area contributed by atoms with Crippen molar-refractivity contribution in [2.75, 3.05) is 6.61 Å². The molecule has 0 amide bonds. The van der Waals surface area contributed by atoms with Crippen LogP contribution >= 0.6 is 0 Å². The number of fused-ring (bicyclic) bond motifs is 5. The highest BCUT2D eigenvalue weighted by atomic mass is 16.6. The molecule has 3 heterocycles. The van der Waals surface area contributed by atoms with Crippen molar-refractivity contribution in [2.24, 2.45) is 0 Å². The lowest BCUT2D eigenvalue weighted by Crippen LogP contribution is -2.43. The number of pyridine rings is 2. The fourth-order valence-electron chi connectivity index (χ4n) is 6.05. The van der Waals surface area contributed by atoms with Gasteiger partial charge >= 0.3 is 11.7 Å². The smallest absolute Gasteiger partial charge is 0.321 e. The number of nitro groups is 1. The van der Waals surface area contributed by atoms with E-state index in [4.69, 9.17) is 9.84 Å². The fraction of sp³-hybridized carbons (Fsp3) is 0.452. The molecule has 3 aromatic rings. The van der Waals surface area contributed by atoms with E-state index in [1.54, 1.807) is 19.1 Å². The Morgan fingerprint density at radius 2 is 1.81 bits per heavy atom. The van der Waals surface area contributed by atoms with Crippen molar-refractivity contribution in [1.82, 2.24) is 9.55 Å². The molecule has 0 radical (unpaired) electrons. The number of aliphatic hydroxyl groups is 2. The van der Waals surface area contributed by atoms with E-state index in [0.29, 0.717) is 47.3 Å². The summed E-state index contributed by atoms with van der Waals surface area (Å²) < 4.78 is 6.92. The van der Waals surface area contributed by atoms with Gasteiger partial charge in [-0.25, -0.2) is 4.98 Å². The number of esters is 1. The quantitative estimate of drug-likeness (QED) is 0.0812. The summed E-state index contributed by atoms with van der Waals surface area (Å²) in [7, 11) is 0. The van der Waals surface area contributed by atoms with Crippen molar-refractivity contribution in [3.63, 3.8) is 0 Å². The first-order chi connectivity index (χ1) is 20.6. The van der Waals surface area contributed by atoms with Crippen LogP contribution in [0.1, 0.15) is 81.4 Å². The summed E-state index contributed by atoms with van der Waals surface area (Å²) in [5.41, 5.74) is -0.0930. The van der Waals surface area contributed by atoms with Gasteiger partial charge in [0, 0.05) is 36.0 Å². The number of ether oxygens (including phenoxy) is 1. The van der Waals surface area contributed by atoms with E-state index in [0.717, 1.165) is 19.3 Å². The van der Waals surface area contributed by atoms with Crippen molar-refractivity contribution in [1.29, 1.82) is 0 Å². The number of nitrogens with zero attached hydrogens (tertiary/aromatic N) is 3. The van der Waals surface area contributed by atoms with Crippen LogP contribution in [0.3, 0.4) is 0 Å². The van der Waals surface area contributed by atoms with Crippen LogP contribution in [-0.2, 0) is 33.0 Å². The number of benzene rings is 1. The Morgan fingerprint density at radius 3 is 2.51 bits per heavy atom. The summed E-state index contributed by atoms with van der Waals surface area (Å²) >= 11 is 0. The minimum atomic E-state index is -1.75. The van der Waals surface area contributed by atoms with Crippen LogP contribution in [0, 0.1) is 10.1 Å². The van der Waals surface area contributed by atoms with Gasteiger partial charge in [-0.1, -0.05) is 26.2 Å². The first-order valence-corrected chi connectivity index (χ1v) is 14.6. The summed E-state index contributed by atoms with van der Waals surface area (Å²) in [5.74, 6) is -1.32. The second-order valence-corrected chi connectivity index (χ2v) is 11.1. The molecule has 12 nitrogen and oxygen atoms in total. The monoisotopic (exact) mass is 591 g/mol. The molecule has 2 aliphatic rings. The van der Waals surface area contributed by atoms with E-state index >= 15 is 0 Å². The molecule has 0 fully saturated rings. The third-order valence-electron chi connectivity index (χ3n) is 8.42. The third-order valence-corrected chi connectivity index (χ3v) is 8.42. The number of ketones is 2. The zero-order valence-corrected chi connectivity index (χ0v) is 23.9. The van der Waals surface area contributed by atoms with Gasteiger partial charge in [-0.3, -0.25) is 29.3 Å². The number of carbonyl (C=O) groups is 3. The van der Waals surface area contributed by atoms with Crippen LogP contribution < -0.4 is 10.3 Å². The van der Waals surface area contributed by atoms with Crippen LogP contribution in [0.25, 0.3) is 22.3 Å². The zero-order chi connectivity index (χ0) is 30.9. The molecule has 12 heteroatoms. The van der Waals surface area contributed by atoms with Crippen molar-refractivity contribution >= 4 is 34.1 Å². The van der Waals surface area contributed by atoms with Gasteiger partial charge in [-0.15, -0.1) is 0 Å². The summed E-state index contributed by atoms with van der Waals surface area (Å²) in [6.07, 6.45) is 4.36. The molecule has 1 aromatic carbocycles. The molecule has 5 rings (SSSR count). The van der Waals surface area contributed by atoms with Gasteiger partial charge in [-0.2, -0.15) is 0 Å². The van der Waals surface area contributed by atoms with Crippen LogP contribution in [0.15, 0.2) is 29.1 Å². The van der Waals surface area contributed by atoms with Gasteiger partial charge < -0.3 is 19.5 Å². The number of carbonyl (C=O) groups excluding carboxylic acids is 3. The molecular formula is C31H33N3O9. The van der Waals surface area contributed by atoms with Gasteiger partial charge in [0.2, 0.25) is 5.75 Å². The van der Waals surface area contributed by atoms with Crippen LogP contribution in [-0.4, -0.2) is 48.8 Å². The van der Waals surface area contributed by atoms with E-state index in [-0.39, 0.29) is 66.0 Å². The molecule has 1 aliphatic heterocycles. The molecule has 0 unspecified atom stereocenters. The van der Waals surface area contributed by atoms with Crippen LogP contribution in [0.4, 0.5) is 5.69 Å². The second kappa shape index (κ2) is 12.1. The molecular weight excluding hydrogens is 558 g/mol. The van der Waals surface area contributed by atoms with Gasteiger partial charge in [0.25, 0.3) is 5.56 Å². The van der Waals surface area contributed by atoms with Crippen LogP contribution in [0.2, 0.25) is 0 Å². The summed E-state index contributed by atoms with van der Waals surface area (Å²) in [6, 6.07) is 6.07. The molecule has 2 N–H and O–H groups in total. The van der Waals surface area contributed by atoms with Crippen molar-refractivity contribution in [3.05, 3.63) is 61.4 Å². The predicted octanol–water partition coefficient (Wildman–Crippen LogP) is 3.64. The Bertz CT molecular complexity index is 1710. The number of aromatic nitrogens is 2. The maximum absolute atomic E-state index is 13.5. The van der Waals surface area contributed by atoms with Crippen molar-refractivity contribution < 1.29 is 34.3 Å². The highest BCUT2D eigenvalue weighted by Gasteiger charge is 2.43. The average Bonchev–Trinajstić information content (AvgIpc) is 3.35. The van der Waals surface area contributed by atoms with Crippen molar-refractivity contribution in [2.45, 2.75) is 83.3 Å². The highest BCUT2D eigenvalue weighted by molar-refractivity contribution is 5.95. The Balaban J connectivity index is 1.38.